The lowest BCUT2D eigenvalue weighted by Gasteiger charge is -2.19. The molecule has 0 aromatic rings. The van der Waals surface area contributed by atoms with Gasteiger partial charge in [0.1, 0.15) is 0 Å². The summed E-state index contributed by atoms with van der Waals surface area (Å²) in [5.74, 6) is -0.184. The molecular weight excluding hydrogens is 755 g/mol. The van der Waals surface area contributed by atoms with Crippen LogP contribution in [0, 0.1) is 0 Å². The number of amides is 1. The Morgan fingerprint density at radius 1 is 0.459 bits per heavy atom. The molecule has 2 unspecified atom stereocenters. The van der Waals surface area contributed by atoms with E-state index < -0.39 is 12.1 Å². The van der Waals surface area contributed by atoms with Gasteiger partial charge in [0.2, 0.25) is 5.91 Å². The van der Waals surface area contributed by atoms with Crippen molar-refractivity contribution >= 4 is 11.9 Å². The first-order chi connectivity index (χ1) is 30.0. The molecule has 0 radical (unpaired) electrons. The van der Waals surface area contributed by atoms with Crippen molar-refractivity contribution in [3.63, 3.8) is 0 Å². The third kappa shape index (κ3) is 46.9. The fraction of sp³-hybridized carbons (Fsp3) is 0.782. The number of esters is 1. The average Bonchev–Trinajstić information content (AvgIpc) is 3.26. The molecule has 354 valence electrons. The molecule has 3 N–H and O–H groups in total. The molecule has 0 rings (SSSR count). The quantitative estimate of drug-likeness (QED) is 0.0322. The van der Waals surface area contributed by atoms with Gasteiger partial charge in [0.05, 0.1) is 25.4 Å². The van der Waals surface area contributed by atoms with Crippen LogP contribution in [0.15, 0.2) is 60.8 Å². The number of rotatable bonds is 47. The molecule has 0 fully saturated rings. The Balaban J connectivity index is 3.60. The van der Waals surface area contributed by atoms with Crippen molar-refractivity contribution in [2.24, 2.45) is 0 Å². The number of carbonyl (C=O) groups excluding carboxylic acids is 2. The summed E-state index contributed by atoms with van der Waals surface area (Å²) in [7, 11) is 0. The van der Waals surface area contributed by atoms with E-state index in [4.69, 9.17) is 4.74 Å². The fourth-order valence-corrected chi connectivity index (χ4v) is 7.48. The maximum Gasteiger partial charge on any atom is 0.305 e. The highest BCUT2D eigenvalue weighted by atomic mass is 16.5. The van der Waals surface area contributed by atoms with Gasteiger partial charge in [-0.3, -0.25) is 9.59 Å². The number of aliphatic hydroxyl groups is 2. The van der Waals surface area contributed by atoms with Gasteiger partial charge in [-0.15, -0.1) is 0 Å². The maximum absolute atomic E-state index is 12.4. The van der Waals surface area contributed by atoms with Gasteiger partial charge < -0.3 is 20.3 Å². The SMILES string of the molecule is CCCCCC/C=C\C/C=C\CCCCCCCC(=O)OCCCCCCCC/C=C\C/C=C\CCC(=O)NC(CO)C(O)/C=C/CCCCCCCCCCCCCCC. The summed E-state index contributed by atoms with van der Waals surface area (Å²) in [5.41, 5.74) is 0. The molecule has 0 aliphatic carbocycles. The third-order valence-electron chi connectivity index (χ3n) is 11.5. The average molecular weight is 854 g/mol. The zero-order valence-corrected chi connectivity index (χ0v) is 40.1. The minimum Gasteiger partial charge on any atom is -0.466 e. The van der Waals surface area contributed by atoms with Gasteiger partial charge in [-0.25, -0.2) is 0 Å². The summed E-state index contributed by atoms with van der Waals surface area (Å²) in [5, 5.41) is 23.0. The second-order valence-corrected chi connectivity index (χ2v) is 17.5. The number of hydrogen-bond donors (Lipinski definition) is 3. The normalized spacial score (nSPS) is 13.2. The number of nitrogens with one attached hydrogen (secondary N) is 1. The van der Waals surface area contributed by atoms with Crippen LogP contribution in [0.2, 0.25) is 0 Å². The Hall–Kier alpha value is -2.44. The number of ether oxygens (including phenoxy) is 1. The highest BCUT2D eigenvalue weighted by Gasteiger charge is 2.17. The van der Waals surface area contributed by atoms with Crippen LogP contribution in [-0.4, -0.2) is 47.4 Å². The highest BCUT2D eigenvalue weighted by molar-refractivity contribution is 5.76. The first kappa shape index (κ1) is 58.6. The van der Waals surface area contributed by atoms with E-state index in [1.807, 2.05) is 12.2 Å². The van der Waals surface area contributed by atoms with Crippen molar-refractivity contribution in [1.82, 2.24) is 5.32 Å². The van der Waals surface area contributed by atoms with Gasteiger partial charge in [0, 0.05) is 12.8 Å². The second kappa shape index (κ2) is 50.2. The van der Waals surface area contributed by atoms with Crippen LogP contribution in [0.3, 0.4) is 0 Å². The predicted octanol–water partition coefficient (Wildman–Crippen LogP) is 15.6. The molecule has 0 aromatic heterocycles. The second-order valence-electron chi connectivity index (χ2n) is 17.5. The summed E-state index contributed by atoms with van der Waals surface area (Å²) in [6, 6.07) is -0.673. The Kier molecular flexibility index (Phi) is 48.2. The summed E-state index contributed by atoms with van der Waals surface area (Å²) in [4.78, 5) is 24.4. The molecule has 6 nitrogen and oxygen atoms in total. The van der Waals surface area contributed by atoms with E-state index in [1.165, 1.54) is 154 Å². The lowest BCUT2D eigenvalue weighted by Crippen LogP contribution is -2.45. The third-order valence-corrected chi connectivity index (χ3v) is 11.5. The smallest absolute Gasteiger partial charge is 0.305 e. The fourth-order valence-electron chi connectivity index (χ4n) is 7.48. The summed E-state index contributed by atoms with van der Waals surface area (Å²) in [6.07, 6.45) is 63.7. The Labute approximate surface area is 378 Å². The zero-order valence-electron chi connectivity index (χ0n) is 40.1. The van der Waals surface area contributed by atoms with Crippen molar-refractivity contribution in [2.45, 2.75) is 264 Å². The lowest BCUT2D eigenvalue weighted by atomic mass is 10.0. The van der Waals surface area contributed by atoms with E-state index in [1.54, 1.807) is 6.08 Å². The van der Waals surface area contributed by atoms with Crippen LogP contribution >= 0.6 is 0 Å². The van der Waals surface area contributed by atoms with Gasteiger partial charge in [0.25, 0.3) is 0 Å². The first-order valence-electron chi connectivity index (χ1n) is 26.1. The van der Waals surface area contributed by atoms with Crippen LogP contribution in [0.5, 0.6) is 0 Å². The molecule has 2 atom stereocenters. The summed E-state index contributed by atoms with van der Waals surface area (Å²) >= 11 is 0. The molecule has 0 aliphatic heterocycles. The molecule has 61 heavy (non-hydrogen) atoms. The summed E-state index contributed by atoms with van der Waals surface area (Å²) < 4.78 is 5.45. The standard InChI is InChI=1S/C55H99NO5/c1-3-5-7-9-11-13-15-17-19-21-25-29-33-37-41-45-49-55(60)61-50-46-42-38-34-30-26-22-24-28-32-36-40-44-48-54(59)56-52(51-57)53(58)47-43-39-35-31-27-23-20-18-16-14-12-10-8-6-4-2/h13,15,19,21,24,28,36,40,43,47,52-53,57-58H,3-12,14,16-18,20,22-23,25-27,29-35,37-39,41-42,44-46,48-51H2,1-2H3,(H,56,59)/b15-13-,21-19-,28-24-,40-36-,47-43+. The number of hydrogen-bond acceptors (Lipinski definition) is 5. The zero-order chi connectivity index (χ0) is 44.4. The molecule has 0 saturated heterocycles. The van der Waals surface area contributed by atoms with E-state index in [-0.39, 0.29) is 18.5 Å². The molecular formula is C55H99NO5. The molecule has 0 heterocycles. The van der Waals surface area contributed by atoms with Crippen LogP contribution in [-0.2, 0) is 14.3 Å². The van der Waals surface area contributed by atoms with E-state index in [9.17, 15) is 19.8 Å². The van der Waals surface area contributed by atoms with Crippen LogP contribution < -0.4 is 5.32 Å². The Morgan fingerprint density at radius 2 is 0.836 bits per heavy atom. The molecule has 0 aromatic carbocycles. The van der Waals surface area contributed by atoms with Gasteiger partial charge in [-0.2, -0.15) is 0 Å². The number of carbonyl (C=O) groups is 2. The monoisotopic (exact) mass is 854 g/mol. The molecule has 0 aliphatic rings. The largest absolute Gasteiger partial charge is 0.466 e. The molecule has 0 spiro atoms. The van der Waals surface area contributed by atoms with E-state index >= 15 is 0 Å². The minimum absolute atomic E-state index is 0.0330. The van der Waals surface area contributed by atoms with Crippen molar-refractivity contribution in [3.05, 3.63) is 60.8 Å². The topological polar surface area (TPSA) is 95.9 Å². The van der Waals surface area contributed by atoms with Crippen LogP contribution in [0.25, 0.3) is 0 Å². The number of unbranched alkanes of at least 4 members (excludes halogenated alkanes) is 28. The minimum atomic E-state index is -0.881. The highest BCUT2D eigenvalue weighted by Crippen LogP contribution is 2.14. The molecule has 0 saturated carbocycles. The van der Waals surface area contributed by atoms with Gasteiger partial charge in [-0.05, 0) is 83.5 Å². The van der Waals surface area contributed by atoms with Crippen molar-refractivity contribution in [1.29, 1.82) is 0 Å². The van der Waals surface area contributed by atoms with Gasteiger partial charge >= 0.3 is 5.97 Å². The summed E-state index contributed by atoms with van der Waals surface area (Å²) in [6.45, 7) is 4.80. The van der Waals surface area contributed by atoms with E-state index in [2.05, 4.69) is 61.7 Å². The Bertz CT molecular complexity index is 1080. The number of aliphatic hydroxyl groups excluding tert-OH is 2. The van der Waals surface area contributed by atoms with Crippen LogP contribution in [0.4, 0.5) is 0 Å². The maximum atomic E-state index is 12.4. The molecule has 6 heteroatoms. The van der Waals surface area contributed by atoms with Crippen molar-refractivity contribution in [2.75, 3.05) is 13.2 Å². The van der Waals surface area contributed by atoms with Crippen molar-refractivity contribution in [3.8, 4) is 0 Å². The van der Waals surface area contributed by atoms with Crippen molar-refractivity contribution < 1.29 is 24.5 Å². The Morgan fingerprint density at radius 3 is 1.30 bits per heavy atom. The van der Waals surface area contributed by atoms with Gasteiger partial charge in [0.15, 0.2) is 0 Å². The van der Waals surface area contributed by atoms with Crippen LogP contribution in [0.1, 0.15) is 251 Å². The predicted molar refractivity (Wildman–Crippen MR) is 264 cm³/mol. The van der Waals surface area contributed by atoms with E-state index in [0.717, 1.165) is 64.2 Å². The first-order valence-corrected chi connectivity index (χ1v) is 26.1. The lowest BCUT2D eigenvalue weighted by molar-refractivity contribution is -0.143. The molecule has 0 bridgehead atoms. The van der Waals surface area contributed by atoms with Gasteiger partial charge in [-0.1, -0.05) is 216 Å². The number of allylic oxidation sites excluding steroid dienone is 9. The van der Waals surface area contributed by atoms with E-state index in [0.29, 0.717) is 25.9 Å². The molecule has 1 amide bonds.